The number of pyridine rings is 1. The van der Waals surface area contributed by atoms with Gasteiger partial charge >= 0.3 is 0 Å². The Bertz CT molecular complexity index is 752. The number of ether oxygens (including phenoxy) is 1. The van der Waals surface area contributed by atoms with E-state index in [-0.39, 0.29) is 29.7 Å². The number of benzene rings is 1. The number of fused-ring (bicyclic) bond motifs is 1. The second-order valence-corrected chi connectivity index (χ2v) is 6.28. The minimum absolute atomic E-state index is 0.0401. The summed E-state index contributed by atoms with van der Waals surface area (Å²) in [7, 11) is 3.09. The zero-order valence-corrected chi connectivity index (χ0v) is 14.0. The second-order valence-electron chi connectivity index (χ2n) is 6.28. The fraction of sp³-hybridized carbons (Fsp3) is 0.444. The van der Waals surface area contributed by atoms with Crippen molar-refractivity contribution in [1.82, 2.24) is 10.0 Å². The van der Waals surface area contributed by atoms with Gasteiger partial charge in [-0.2, -0.15) is 0 Å². The van der Waals surface area contributed by atoms with Gasteiger partial charge in [0.15, 0.2) is 0 Å². The monoisotopic (exact) mass is 332 g/mol. The summed E-state index contributed by atoms with van der Waals surface area (Å²) >= 11 is 0. The molecule has 1 aliphatic carbocycles. The van der Waals surface area contributed by atoms with Crippen LogP contribution in [0.2, 0.25) is 0 Å². The third-order valence-electron chi connectivity index (χ3n) is 4.70. The van der Waals surface area contributed by atoms with E-state index in [9.17, 15) is 9.18 Å². The average Bonchev–Trinajstić information content (AvgIpc) is 2.94. The number of hydrogen-bond acceptors (Lipinski definition) is 4. The third kappa shape index (κ3) is 3.19. The summed E-state index contributed by atoms with van der Waals surface area (Å²) in [6.07, 6.45) is 2.95. The molecule has 0 N–H and O–H groups in total. The van der Waals surface area contributed by atoms with E-state index in [0.717, 1.165) is 6.42 Å². The van der Waals surface area contributed by atoms with Crippen molar-refractivity contribution in [1.29, 1.82) is 0 Å². The molecule has 6 heteroatoms. The van der Waals surface area contributed by atoms with Crippen molar-refractivity contribution in [2.24, 2.45) is 11.8 Å². The predicted octanol–water partition coefficient (Wildman–Crippen LogP) is 3.19. The molecule has 1 saturated carbocycles. The normalized spacial score (nSPS) is 23.4. The van der Waals surface area contributed by atoms with Crippen LogP contribution in [0.3, 0.4) is 0 Å². The van der Waals surface area contributed by atoms with E-state index in [0.29, 0.717) is 23.1 Å². The van der Waals surface area contributed by atoms with Crippen LogP contribution in [0.15, 0.2) is 30.5 Å². The Morgan fingerprint density at radius 1 is 1.33 bits per heavy atom. The summed E-state index contributed by atoms with van der Waals surface area (Å²) in [6, 6.07) is 6.18. The van der Waals surface area contributed by atoms with Gasteiger partial charge < -0.3 is 4.74 Å². The molecule has 24 heavy (non-hydrogen) atoms. The van der Waals surface area contributed by atoms with Crippen LogP contribution in [0.1, 0.15) is 19.8 Å². The smallest absolute Gasteiger partial charge is 0.249 e. The van der Waals surface area contributed by atoms with E-state index in [2.05, 4.69) is 4.98 Å². The van der Waals surface area contributed by atoms with Crippen molar-refractivity contribution in [2.75, 3.05) is 14.2 Å². The van der Waals surface area contributed by atoms with Crippen LogP contribution in [0.4, 0.5) is 4.39 Å². The van der Waals surface area contributed by atoms with Gasteiger partial charge in [-0.25, -0.2) is 9.45 Å². The number of aromatic nitrogens is 1. The van der Waals surface area contributed by atoms with Crippen LogP contribution in [-0.4, -0.2) is 36.2 Å². The summed E-state index contributed by atoms with van der Waals surface area (Å²) in [6.45, 7) is 2.04. The number of amides is 1. The van der Waals surface area contributed by atoms with Gasteiger partial charge in [0, 0.05) is 24.5 Å². The predicted molar refractivity (Wildman–Crippen MR) is 87.8 cm³/mol. The highest BCUT2D eigenvalue weighted by molar-refractivity contribution is 5.84. The molecule has 5 nitrogen and oxygen atoms in total. The molecule has 3 atom stereocenters. The van der Waals surface area contributed by atoms with Gasteiger partial charge in [-0.15, -0.1) is 0 Å². The van der Waals surface area contributed by atoms with Crippen molar-refractivity contribution < 1.29 is 18.8 Å². The topological polar surface area (TPSA) is 51.7 Å². The first kappa shape index (κ1) is 16.6. The lowest BCUT2D eigenvalue weighted by Crippen LogP contribution is -2.33. The molecular weight excluding hydrogens is 311 g/mol. The Kier molecular flexibility index (Phi) is 4.66. The SMILES string of the molecule is CON(C)C(=O)C1CC(Oc2ccnc3ccc(F)cc23)CC1C. The first-order chi connectivity index (χ1) is 11.5. The van der Waals surface area contributed by atoms with Gasteiger partial charge in [0.1, 0.15) is 11.6 Å². The van der Waals surface area contributed by atoms with Crippen LogP contribution < -0.4 is 4.74 Å². The maximum Gasteiger partial charge on any atom is 0.249 e. The largest absolute Gasteiger partial charge is 0.490 e. The van der Waals surface area contributed by atoms with Crippen molar-refractivity contribution in [3.63, 3.8) is 0 Å². The van der Waals surface area contributed by atoms with Gasteiger partial charge in [0.25, 0.3) is 0 Å². The fourth-order valence-electron chi connectivity index (χ4n) is 3.33. The molecule has 2 aromatic rings. The van der Waals surface area contributed by atoms with Crippen LogP contribution in [0.25, 0.3) is 10.9 Å². The standard InChI is InChI=1S/C18H21FN2O3/c1-11-8-13(10-14(11)18(22)21(2)23-3)24-17-6-7-20-16-5-4-12(19)9-15(16)17/h4-7,9,11,13-14H,8,10H2,1-3H3. The van der Waals surface area contributed by atoms with Crippen LogP contribution in [-0.2, 0) is 9.63 Å². The summed E-state index contributed by atoms with van der Waals surface area (Å²) in [5.74, 6) is 0.302. The number of hydroxylamine groups is 2. The average molecular weight is 332 g/mol. The first-order valence-corrected chi connectivity index (χ1v) is 8.02. The summed E-state index contributed by atoms with van der Waals surface area (Å²) in [5.41, 5.74) is 0.687. The maximum absolute atomic E-state index is 13.5. The molecule has 1 amide bonds. The zero-order chi connectivity index (χ0) is 17.3. The number of rotatable bonds is 4. The molecule has 1 aliphatic rings. The highest BCUT2D eigenvalue weighted by Crippen LogP contribution is 2.36. The number of nitrogens with zero attached hydrogens (tertiary/aromatic N) is 2. The second kappa shape index (κ2) is 6.73. The molecule has 0 aliphatic heterocycles. The summed E-state index contributed by atoms with van der Waals surface area (Å²) in [4.78, 5) is 21.5. The van der Waals surface area contributed by atoms with Crippen molar-refractivity contribution in [2.45, 2.75) is 25.9 Å². The van der Waals surface area contributed by atoms with Gasteiger partial charge in [-0.3, -0.25) is 14.6 Å². The Labute approximate surface area is 140 Å². The van der Waals surface area contributed by atoms with Crippen LogP contribution in [0, 0.1) is 17.7 Å². The minimum Gasteiger partial charge on any atom is -0.490 e. The maximum atomic E-state index is 13.5. The van der Waals surface area contributed by atoms with E-state index in [1.54, 1.807) is 25.4 Å². The minimum atomic E-state index is -0.324. The molecule has 3 unspecified atom stereocenters. The van der Waals surface area contributed by atoms with E-state index in [4.69, 9.17) is 9.57 Å². The molecule has 1 fully saturated rings. The molecule has 128 valence electrons. The molecule has 0 spiro atoms. The van der Waals surface area contributed by atoms with Gasteiger partial charge in [0.2, 0.25) is 5.91 Å². The lowest BCUT2D eigenvalue weighted by molar-refractivity contribution is -0.174. The number of carbonyl (C=O) groups is 1. The van der Waals surface area contributed by atoms with Crippen LogP contribution in [0.5, 0.6) is 5.75 Å². The quantitative estimate of drug-likeness (QED) is 0.807. The summed E-state index contributed by atoms with van der Waals surface area (Å²) in [5, 5.41) is 1.91. The molecule has 1 heterocycles. The summed E-state index contributed by atoms with van der Waals surface area (Å²) < 4.78 is 19.6. The number of halogens is 1. The van der Waals surface area contributed by atoms with E-state index < -0.39 is 0 Å². The highest BCUT2D eigenvalue weighted by Gasteiger charge is 2.39. The van der Waals surface area contributed by atoms with Gasteiger partial charge in [-0.1, -0.05) is 6.92 Å². The fourth-order valence-corrected chi connectivity index (χ4v) is 3.33. The molecule has 0 bridgehead atoms. The van der Waals surface area contributed by atoms with E-state index in [1.807, 2.05) is 6.92 Å². The van der Waals surface area contributed by atoms with Crippen LogP contribution >= 0.6 is 0 Å². The molecule has 1 aromatic heterocycles. The Balaban J connectivity index is 1.78. The molecule has 0 saturated heterocycles. The van der Waals surface area contributed by atoms with Crippen molar-refractivity contribution >= 4 is 16.8 Å². The van der Waals surface area contributed by atoms with Crippen molar-refractivity contribution in [3.05, 3.63) is 36.3 Å². The van der Waals surface area contributed by atoms with E-state index >= 15 is 0 Å². The third-order valence-corrected chi connectivity index (χ3v) is 4.70. The van der Waals surface area contributed by atoms with Crippen molar-refractivity contribution in [3.8, 4) is 5.75 Å². The molecule has 1 aromatic carbocycles. The Hall–Kier alpha value is -2.21. The first-order valence-electron chi connectivity index (χ1n) is 8.02. The highest BCUT2D eigenvalue weighted by atomic mass is 19.1. The number of carbonyl (C=O) groups excluding carboxylic acids is 1. The van der Waals surface area contributed by atoms with Gasteiger partial charge in [-0.05, 0) is 43.0 Å². The number of hydrogen-bond donors (Lipinski definition) is 0. The lowest BCUT2D eigenvalue weighted by atomic mass is 9.97. The molecule has 0 radical (unpaired) electrons. The lowest BCUT2D eigenvalue weighted by Gasteiger charge is -2.20. The zero-order valence-electron chi connectivity index (χ0n) is 14.0. The van der Waals surface area contributed by atoms with E-state index in [1.165, 1.54) is 24.3 Å². The molecular formula is C18H21FN2O3. The molecule has 3 rings (SSSR count). The van der Waals surface area contributed by atoms with Gasteiger partial charge in [0.05, 0.1) is 18.7 Å². The Morgan fingerprint density at radius 2 is 2.12 bits per heavy atom. The Morgan fingerprint density at radius 3 is 2.88 bits per heavy atom.